The topological polar surface area (TPSA) is 29.6 Å². The molecule has 0 amide bonds. The number of rotatable bonds is 4. The van der Waals surface area contributed by atoms with Crippen LogP contribution in [0.4, 0.5) is 0 Å². The summed E-state index contributed by atoms with van der Waals surface area (Å²) in [6.07, 6.45) is 1.92. The Balaban J connectivity index is 2.01. The highest BCUT2D eigenvalue weighted by Gasteiger charge is 2.11. The van der Waals surface area contributed by atoms with E-state index in [1.54, 1.807) is 13.1 Å². The smallest absolute Gasteiger partial charge is 0.205 e. The first kappa shape index (κ1) is 17.9. The highest BCUT2D eigenvalue weighted by molar-refractivity contribution is 7.07. The van der Waals surface area contributed by atoms with Crippen LogP contribution in [0.3, 0.4) is 0 Å². The molecule has 6 heteroatoms. The molecule has 1 aromatic heterocycles. The minimum atomic E-state index is 0.187. The predicted octanol–water partition coefficient (Wildman–Crippen LogP) is 5.69. The van der Waals surface area contributed by atoms with Gasteiger partial charge in [0.15, 0.2) is 0 Å². The summed E-state index contributed by atoms with van der Waals surface area (Å²) >= 11 is 13.9. The van der Waals surface area contributed by atoms with Gasteiger partial charge in [0.2, 0.25) is 4.80 Å². The van der Waals surface area contributed by atoms with Gasteiger partial charge in [0, 0.05) is 35.1 Å². The van der Waals surface area contributed by atoms with Gasteiger partial charge in [-0.2, -0.15) is 5.10 Å². The zero-order chi connectivity index (χ0) is 17.8. The summed E-state index contributed by atoms with van der Waals surface area (Å²) in [5, 5.41) is 7.87. The van der Waals surface area contributed by atoms with Crippen LogP contribution in [-0.4, -0.2) is 17.9 Å². The molecule has 25 heavy (non-hydrogen) atoms. The van der Waals surface area contributed by atoms with Crippen LogP contribution in [0.2, 0.25) is 10.0 Å². The van der Waals surface area contributed by atoms with Crippen molar-refractivity contribution in [1.82, 2.24) is 4.68 Å². The molecule has 3 aromatic rings. The Hall–Kier alpha value is -1.88. The largest absolute Gasteiger partial charge is 0.261 e. The third kappa shape index (κ3) is 4.03. The molecular weight excluding hydrogens is 373 g/mol. The minimum Gasteiger partial charge on any atom is -0.261 e. The monoisotopic (exact) mass is 389 g/mol. The lowest BCUT2D eigenvalue weighted by atomic mass is 10.0. The van der Waals surface area contributed by atoms with Crippen molar-refractivity contribution >= 4 is 40.8 Å². The van der Waals surface area contributed by atoms with Crippen LogP contribution in [0, 0.1) is 0 Å². The minimum absolute atomic E-state index is 0.187. The first-order valence-electron chi connectivity index (χ1n) is 7.78. The van der Waals surface area contributed by atoms with Crippen LogP contribution in [-0.2, 0) is 0 Å². The maximum absolute atomic E-state index is 6.37. The standard InChI is InChI=1S/C19H17Cl2N3S/c1-13(14-6-4-3-5-7-14)11-23-24-18(12-25-19(24)22-2)16-9-8-15(20)10-17(16)21/h3-13H,1-2H3. The highest BCUT2D eigenvalue weighted by atomic mass is 35.5. The Morgan fingerprint density at radius 3 is 2.56 bits per heavy atom. The Bertz CT molecular complexity index is 958. The lowest BCUT2D eigenvalue weighted by molar-refractivity contribution is 0.836. The van der Waals surface area contributed by atoms with Gasteiger partial charge >= 0.3 is 0 Å². The molecule has 0 N–H and O–H groups in total. The van der Waals surface area contributed by atoms with Crippen LogP contribution in [0.25, 0.3) is 11.3 Å². The molecule has 0 radical (unpaired) electrons. The van der Waals surface area contributed by atoms with Gasteiger partial charge in [-0.25, -0.2) is 4.68 Å². The number of benzene rings is 2. The van der Waals surface area contributed by atoms with Crippen molar-refractivity contribution < 1.29 is 0 Å². The molecule has 1 atom stereocenters. The van der Waals surface area contributed by atoms with Crippen LogP contribution >= 0.6 is 34.5 Å². The lowest BCUT2D eigenvalue weighted by Gasteiger charge is -2.08. The maximum atomic E-state index is 6.37. The molecule has 1 heterocycles. The van der Waals surface area contributed by atoms with Crippen molar-refractivity contribution in [2.75, 3.05) is 7.05 Å². The van der Waals surface area contributed by atoms with Crippen LogP contribution < -0.4 is 4.80 Å². The van der Waals surface area contributed by atoms with Crippen molar-refractivity contribution in [2.45, 2.75) is 12.8 Å². The van der Waals surface area contributed by atoms with Crippen LogP contribution in [0.15, 0.2) is 64.0 Å². The molecular formula is C19H17Cl2N3S. The fourth-order valence-corrected chi connectivity index (χ4v) is 3.75. The molecule has 3 nitrogen and oxygen atoms in total. The average Bonchev–Trinajstić information content (AvgIpc) is 3.03. The summed E-state index contributed by atoms with van der Waals surface area (Å²) in [7, 11) is 1.76. The van der Waals surface area contributed by atoms with Gasteiger partial charge in [-0.1, -0.05) is 60.5 Å². The van der Waals surface area contributed by atoms with Crippen molar-refractivity contribution in [3.63, 3.8) is 0 Å². The van der Waals surface area contributed by atoms with E-state index in [0.717, 1.165) is 16.1 Å². The average molecular weight is 390 g/mol. The summed E-state index contributed by atoms with van der Waals surface area (Å²) < 4.78 is 1.82. The third-order valence-corrected chi connectivity index (χ3v) is 5.27. The molecule has 0 spiro atoms. The van der Waals surface area contributed by atoms with E-state index in [4.69, 9.17) is 23.2 Å². The van der Waals surface area contributed by atoms with E-state index in [1.165, 1.54) is 16.9 Å². The Labute approximate surface area is 160 Å². The first-order chi connectivity index (χ1) is 12.1. The van der Waals surface area contributed by atoms with Gasteiger partial charge in [0.25, 0.3) is 0 Å². The summed E-state index contributed by atoms with van der Waals surface area (Å²) in [5.74, 6) is 0.187. The molecule has 0 aliphatic heterocycles. The van der Waals surface area contributed by atoms with Crippen molar-refractivity contribution in [1.29, 1.82) is 0 Å². The highest BCUT2D eigenvalue weighted by Crippen LogP contribution is 2.30. The molecule has 1 unspecified atom stereocenters. The third-order valence-electron chi connectivity index (χ3n) is 3.81. The van der Waals surface area contributed by atoms with Crippen molar-refractivity contribution in [2.24, 2.45) is 10.1 Å². The molecule has 2 aromatic carbocycles. The number of thiazole rings is 1. The molecule has 3 rings (SSSR count). The van der Waals surface area contributed by atoms with Gasteiger partial charge in [-0.05, 0) is 23.8 Å². The number of hydrogen-bond acceptors (Lipinski definition) is 3. The molecule has 0 bridgehead atoms. The van der Waals surface area contributed by atoms with E-state index in [9.17, 15) is 0 Å². The van der Waals surface area contributed by atoms with Crippen LogP contribution in [0.1, 0.15) is 18.4 Å². The molecule has 0 fully saturated rings. The first-order valence-corrected chi connectivity index (χ1v) is 9.42. The number of aromatic nitrogens is 1. The fourth-order valence-electron chi connectivity index (χ4n) is 2.45. The van der Waals surface area contributed by atoms with Gasteiger partial charge in [0.05, 0.1) is 10.7 Å². The normalized spacial score (nSPS) is 13.5. The van der Waals surface area contributed by atoms with E-state index in [2.05, 4.69) is 29.2 Å². The second-order valence-corrected chi connectivity index (χ2v) is 7.21. The lowest BCUT2D eigenvalue weighted by Crippen LogP contribution is -2.12. The summed E-state index contributed by atoms with van der Waals surface area (Å²) in [5.41, 5.74) is 2.98. The van der Waals surface area contributed by atoms with Gasteiger partial charge < -0.3 is 0 Å². The Morgan fingerprint density at radius 2 is 1.88 bits per heavy atom. The second kappa shape index (κ2) is 8.00. The fraction of sp³-hybridized carbons (Fsp3) is 0.158. The quantitative estimate of drug-likeness (QED) is 0.512. The predicted molar refractivity (Wildman–Crippen MR) is 108 cm³/mol. The summed E-state index contributed by atoms with van der Waals surface area (Å²) in [6.45, 7) is 2.11. The summed E-state index contributed by atoms with van der Waals surface area (Å²) in [6, 6.07) is 15.7. The van der Waals surface area contributed by atoms with E-state index in [-0.39, 0.29) is 5.92 Å². The van der Waals surface area contributed by atoms with Gasteiger partial charge in [0.1, 0.15) is 0 Å². The Kier molecular flexibility index (Phi) is 5.74. The molecule has 0 saturated carbocycles. The molecule has 0 aliphatic carbocycles. The van der Waals surface area contributed by atoms with E-state index >= 15 is 0 Å². The Morgan fingerprint density at radius 1 is 1.12 bits per heavy atom. The van der Waals surface area contributed by atoms with E-state index in [0.29, 0.717) is 10.0 Å². The van der Waals surface area contributed by atoms with E-state index < -0.39 is 0 Å². The molecule has 0 aliphatic rings. The van der Waals surface area contributed by atoms with Crippen molar-refractivity contribution in [3.05, 3.63) is 74.3 Å². The van der Waals surface area contributed by atoms with Gasteiger partial charge in [-0.15, -0.1) is 11.3 Å². The summed E-state index contributed by atoms with van der Waals surface area (Å²) in [4.78, 5) is 5.12. The number of halogens is 2. The van der Waals surface area contributed by atoms with Crippen LogP contribution in [0.5, 0.6) is 0 Å². The number of hydrogen-bond donors (Lipinski definition) is 0. The maximum Gasteiger partial charge on any atom is 0.205 e. The zero-order valence-electron chi connectivity index (χ0n) is 13.9. The molecule has 128 valence electrons. The van der Waals surface area contributed by atoms with Crippen molar-refractivity contribution in [3.8, 4) is 11.3 Å². The van der Waals surface area contributed by atoms with Gasteiger partial charge in [-0.3, -0.25) is 4.99 Å². The zero-order valence-corrected chi connectivity index (χ0v) is 16.2. The number of nitrogens with zero attached hydrogens (tertiary/aromatic N) is 3. The SMILES string of the molecule is CN=c1scc(-c2ccc(Cl)cc2Cl)n1N=CC(C)c1ccccc1. The molecule has 0 saturated heterocycles. The van der Waals surface area contributed by atoms with E-state index in [1.807, 2.05) is 46.6 Å². The second-order valence-electron chi connectivity index (χ2n) is 5.53.